The minimum Gasteiger partial charge on any atom is -0.299 e. The van der Waals surface area contributed by atoms with Crippen molar-refractivity contribution in [1.82, 2.24) is 0 Å². The van der Waals surface area contributed by atoms with Crippen LogP contribution in [0.1, 0.15) is 0 Å². The van der Waals surface area contributed by atoms with Gasteiger partial charge in [0.15, 0.2) is 0 Å². The molecule has 0 aromatic rings. The molecule has 0 rings (SSSR count). The zero-order valence-electron chi connectivity index (χ0n) is 3.59. The second kappa shape index (κ2) is 17.4. The van der Waals surface area contributed by atoms with Gasteiger partial charge in [0.25, 0.3) is 0 Å². The summed E-state index contributed by atoms with van der Waals surface area (Å²) < 4.78 is 1.92. The Morgan fingerprint density at radius 3 is 1.71 bits per heavy atom. The molecule has 0 aliphatic heterocycles. The minimum absolute atomic E-state index is 0.639. The summed E-state index contributed by atoms with van der Waals surface area (Å²) in [6.07, 6.45) is 1.83. The molecule has 0 atom stereocenters. The summed E-state index contributed by atoms with van der Waals surface area (Å²) in [5.41, 5.74) is 0. The summed E-state index contributed by atoms with van der Waals surface area (Å²) in [4.78, 5) is 9.06. The molecule has 0 amide bonds. The Balaban J connectivity index is 0. The third-order valence-corrected chi connectivity index (χ3v) is 0.0962. The van der Waals surface area contributed by atoms with Gasteiger partial charge in [-0.2, -0.15) is 0 Å². The Labute approximate surface area is 53.0 Å². The Kier molecular flexibility index (Phi) is 24.4. The van der Waals surface area contributed by atoms with Crippen LogP contribution < -0.4 is 0 Å². The standard InChI is InChI=1S/C3H4O.CS2/c1-2-3-4;2-1-3/h2-3H,1H2;. The molecule has 0 aromatic carbocycles. The highest BCUT2D eigenvalue weighted by molar-refractivity contribution is 7.93. The molecule has 0 aromatic heterocycles. The van der Waals surface area contributed by atoms with Crippen LogP contribution in [0.4, 0.5) is 0 Å². The molecule has 0 heterocycles. The fourth-order valence-corrected chi connectivity index (χ4v) is 0. The molecule has 0 aliphatic carbocycles. The highest BCUT2D eigenvalue weighted by Gasteiger charge is 1.38. The number of rotatable bonds is 1. The lowest BCUT2D eigenvalue weighted by Gasteiger charge is -1.37. The summed E-state index contributed by atoms with van der Waals surface area (Å²) in [7, 11) is 0. The molecule has 3 heteroatoms. The lowest BCUT2D eigenvalue weighted by atomic mass is 10.8. The van der Waals surface area contributed by atoms with Crippen molar-refractivity contribution < 1.29 is 4.79 Å². The van der Waals surface area contributed by atoms with Gasteiger partial charge < -0.3 is 0 Å². The van der Waals surface area contributed by atoms with E-state index in [1.165, 1.54) is 6.08 Å². The number of hydrogen-bond donors (Lipinski definition) is 0. The van der Waals surface area contributed by atoms with Gasteiger partial charge in [0.2, 0.25) is 0 Å². The topological polar surface area (TPSA) is 17.1 Å². The van der Waals surface area contributed by atoms with Crippen molar-refractivity contribution in [1.29, 1.82) is 0 Å². The molecule has 1 nitrogen and oxygen atoms in total. The molecule has 38 valence electrons. The van der Waals surface area contributed by atoms with E-state index < -0.39 is 0 Å². The lowest BCUT2D eigenvalue weighted by Crippen LogP contribution is -1.44. The molecule has 0 saturated heterocycles. The van der Waals surface area contributed by atoms with Crippen molar-refractivity contribution in [2.75, 3.05) is 0 Å². The van der Waals surface area contributed by atoms with E-state index in [-0.39, 0.29) is 0 Å². The molecule has 0 bridgehead atoms. The van der Waals surface area contributed by atoms with Gasteiger partial charge in [0, 0.05) is 4.31 Å². The number of carbonyl (C=O) groups is 1. The number of hydrogen-bond acceptors (Lipinski definition) is 3. The number of aldehydes is 1. The monoisotopic (exact) mass is 132 g/mol. The van der Waals surface area contributed by atoms with Gasteiger partial charge >= 0.3 is 0 Å². The summed E-state index contributed by atoms with van der Waals surface area (Å²) in [6, 6.07) is 0. The number of carbonyl (C=O) groups excluding carboxylic acids is 1. The first-order chi connectivity index (χ1) is 3.33. The van der Waals surface area contributed by atoms with E-state index in [2.05, 4.69) is 31.0 Å². The quantitative estimate of drug-likeness (QED) is 0.305. The van der Waals surface area contributed by atoms with Crippen molar-refractivity contribution in [3.05, 3.63) is 12.7 Å². The van der Waals surface area contributed by atoms with E-state index in [1.54, 1.807) is 0 Å². The fourth-order valence-electron chi connectivity index (χ4n) is 0. The second-order valence-corrected chi connectivity index (χ2v) is 1.12. The maximum atomic E-state index is 9.06. The zero-order chi connectivity index (χ0) is 6.12. The van der Waals surface area contributed by atoms with Gasteiger partial charge in [-0.15, -0.1) is 0 Å². The average molecular weight is 132 g/mol. The average Bonchev–Trinajstić information content (AvgIpc) is 1.69. The smallest absolute Gasteiger partial charge is 0.142 e. The molecule has 0 N–H and O–H groups in total. The maximum absolute atomic E-state index is 9.06. The van der Waals surface area contributed by atoms with Crippen molar-refractivity contribution in [2.24, 2.45) is 0 Å². The first-order valence-electron chi connectivity index (χ1n) is 1.39. The van der Waals surface area contributed by atoms with Gasteiger partial charge in [0.1, 0.15) is 6.29 Å². The van der Waals surface area contributed by atoms with E-state index >= 15 is 0 Å². The lowest BCUT2D eigenvalue weighted by molar-refractivity contribution is -0.104. The van der Waals surface area contributed by atoms with Gasteiger partial charge in [0.05, 0.1) is 0 Å². The van der Waals surface area contributed by atoms with Crippen molar-refractivity contribution >= 4 is 35.0 Å². The molecule has 0 aliphatic rings. The summed E-state index contributed by atoms with van der Waals surface area (Å²) >= 11 is 7.92. The highest BCUT2D eigenvalue weighted by atomic mass is 32.1. The largest absolute Gasteiger partial charge is 0.299 e. The van der Waals surface area contributed by atoms with Crippen LogP contribution in [0.3, 0.4) is 0 Å². The van der Waals surface area contributed by atoms with E-state index in [1.807, 2.05) is 4.31 Å². The zero-order valence-corrected chi connectivity index (χ0v) is 5.22. The molecule has 0 radical (unpaired) electrons. The van der Waals surface area contributed by atoms with Gasteiger partial charge in [-0.3, -0.25) is 4.79 Å². The normalized spacial score (nSPS) is 4.00. The predicted octanol–water partition coefficient (Wildman–Crippen LogP) is 1.39. The summed E-state index contributed by atoms with van der Waals surface area (Å²) in [5.74, 6) is 0. The highest BCUT2D eigenvalue weighted by Crippen LogP contribution is 1.35. The first kappa shape index (κ1) is 9.80. The van der Waals surface area contributed by atoms with Gasteiger partial charge in [-0.25, -0.2) is 0 Å². The van der Waals surface area contributed by atoms with Crippen molar-refractivity contribution in [2.45, 2.75) is 0 Å². The minimum atomic E-state index is 0.639. The predicted molar refractivity (Wildman–Crippen MR) is 36.5 cm³/mol. The second-order valence-electron chi connectivity index (χ2n) is 0.455. The Bertz CT molecular complexity index is 75.7. The fraction of sp³-hybridized carbons (Fsp3) is 0. The summed E-state index contributed by atoms with van der Waals surface area (Å²) in [5, 5.41) is 0. The van der Waals surface area contributed by atoms with Crippen molar-refractivity contribution in [3.8, 4) is 0 Å². The maximum Gasteiger partial charge on any atom is 0.142 e. The SMILES string of the molecule is C=CC=O.S=C=S. The Hall–Kier alpha value is -0.370. The van der Waals surface area contributed by atoms with E-state index in [0.717, 1.165) is 0 Å². The van der Waals surface area contributed by atoms with Gasteiger partial charge in [-0.05, 0) is 30.5 Å². The van der Waals surface area contributed by atoms with Crippen LogP contribution in [0, 0.1) is 0 Å². The first-order valence-corrected chi connectivity index (χ1v) is 2.20. The van der Waals surface area contributed by atoms with Crippen LogP contribution in [0.15, 0.2) is 12.7 Å². The van der Waals surface area contributed by atoms with Crippen LogP contribution in [-0.4, -0.2) is 10.6 Å². The molecule has 0 fully saturated rings. The van der Waals surface area contributed by atoms with Crippen LogP contribution in [0.2, 0.25) is 0 Å². The van der Waals surface area contributed by atoms with E-state index in [9.17, 15) is 0 Å². The van der Waals surface area contributed by atoms with Gasteiger partial charge in [-0.1, -0.05) is 6.58 Å². The third kappa shape index (κ3) is 187. The Morgan fingerprint density at radius 2 is 1.71 bits per heavy atom. The molecule has 7 heavy (non-hydrogen) atoms. The van der Waals surface area contributed by atoms with E-state index in [0.29, 0.717) is 6.29 Å². The van der Waals surface area contributed by atoms with Crippen LogP contribution in [0.5, 0.6) is 0 Å². The number of allylic oxidation sites excluding steroid dienone is 1. The molecule has 0 spiro atoms. The molecular weight excluding hydrogens is 128 g/mol. The molecular formula is C4H4OS2. The molecule has 0 unspecified atom stereocenters. The van der Waals surface area contributed by atoms with Crippen LogP contribution >= 0.6 is 24.4 Å². The van der Waals surface area contributed by atoms with E-state index in [4.69, 9.17) is 4.79 Å². The third-order valence-electron chi connectivity index (χ3n) is 0.0962. The van der Waals surface area contributed by atoms with Crippen LogP contribution in [0.25, 0.3) is 0 Å². The summed E-state index contributed by atoms with van der Waals surface area (Å²) in [6.45, 7) is 3.11. The van der Waals surface area contributed by atoms with Crippen LogP contribution in [-0.2, 0) is 4.79 Å². The number of thiocarbonyl (C=S) groups is 2. The molecule has 0 saturated carbocycles. The van der Waals surface area contributed by atoms with Crippen molar-refractivity contribution in [3.63, 3.8) is 0 Å². The Morgan fingerprint density at radius 1 is 1.57 bits per heavy atom.